The SMILES string of the molecule is O=C(NCCCN1CCc2ccccc2C1)c1cnn(-c2cccc(F)c2)c1-n1cccc1. The summed E-state index contributed by atoms with van der Waals surface area (Å²) in [6.07, 6.45) is 7.17. The number of fused-ring (bicyclic) bond motifs is 1. The highest BCUT2D eigenvalue weighted by atomic mass is 19.1. The maximum absolute atomic E-state index is 13.8. The Morgan fingerprint density at radius 1 is 1.03 bits per heavy atom. The first kappa shape index (κ1) is 21.2. The number of hydrogen-bond donors (Lipinski definition) is 1. The second-order valence-corrected chi connectivity index (χ2v) is 8.27. The van der Waals surface area contributed by atoms with E-state index in [0.717, 1.165) is 32.5 Å². The van der Waals surface area contributed by atoms with E-state index < -0.39 is 0 Å². The van der Waals surface area contributed by atoms with E-state index in [4.69, 9.17) is 0 Å². The number of nitrogens with one attached hydrogen (secondary N) is 1. The molecule has 3 heterocycles. The van der Waals surface area contributed by atoms with Crippen LogP contribution in [0.4, 0.5) is 4.39 Å². The number of hydrogen-bond acceptors (Lipinski definition) is 3. The summed E-state index contributed by atoms with van der Waals surface area (Å²) in [5, 5.41) is 7.42. The van der Waals surface area contributed by atoms with Gasteiger partial charge in [0.05, 0.1) is 11.9 Å². The number of carbonyl (C=O) groups is 1. The molecule has 0 fully saturated rings. The second-order valence-electron chi connectivity index (χ2n) is 8.27. The van der Waals surface area contributed by atoms with Crippen molar-refractivity contribution in [2.24, 2.45) is 0 Å². The molecule has 168 valence electrons. The van der Waals surface area contributed by atoms with Crippen molar-refractivity contribution in [2.75, 3.05) is 19.6 Å². The molecule has 6 nitrogen and oxygen atoms in total. The van der Waals surface area contributed by atoms with Crippen LogP contribution in [0.1, 0.15) is 27.9 Å². The Bertz CT molecular complexity index is 1250. The van der Waals surface area contributed by atoms with Crippen molar-refractivity contribution in [3.63, 3.8) is 0 Å². The Hall–Kier alpha value is -3.71. The quantitative estimate of drug-likeness (QED) is 0.440. The molecule has 5 rings (SSSR count). The molecule has 2 aromatic carbocycles. The van der Waals surface area contributed by atoms with Gasteiger partial charge in [0.25, 0.3) is 5.91 Å². The van der Waals surface area contributed by atoms with Gasteiger partial charge in [-0.1, -0.05) is 30.3 Å². The lowest BCUT2D eigenvalue weighted by molar-refractivity contribution is 0.0951. The third-order valence-electron chi connectivity index (χ3n) is 6.04. The third kappa shape index (κ3) is 4.59. The monoisotopic (exact) mass is 443 g/mol. The predicted molar refractivity (Wildman–Crippen MR) is 125 cm³/mol. The maximum atomic E-state index is 13.8. The first-order valence-electron chi connectivity index (χ1n) is 11.2. The van der Waals surface area contributed by atoms with E-state index in [0.29, 0.717) is 23.6 Å². The fourth-order valence-corrected chi connectivity index (χ4v) is 4.37. The number of carbonyl (C=O) groups excluding carboxylic acids is 1. The number of benzene rings is 2. The van der Waals surface area contributed by atoms with Crippen LogP contribution in [0.25, 0.3) is 11.5 Å². The van der Waals surface area contributed by atoms with Crippen molar-refractivity contribution < 1.29 is 9.18 Å². The zero-order valence-electron chi connectivity index (χ0n) is 18.3. The Labute approximate surface area is 192 Å². The minimum absolute atomic E-state index is 0.189. The number of aromatic nitrogens is 3. The van der Waals surface area contributed by atoms with Gasteiger partial charge < -0.3 is 9.88 Å². The molecule has 0 bridgehead atoms. The molecule has 0 aliphatic carbocycles. The summed E-state index contributed by atoms with van der Waals surface area (Å²) in [5.74, 6) is 0.0360. The Morgan fingerprint density at radius 3 is 2.67 bits per heavy atom. The minimum atomic E-state index is -0.354. The number of rotatable bonds is 7. The van der Waals surface area contributed by atoms with Gasteiger partial charge in [-0.2, -0.15) is 5.10 Å². The van der Waals surface area contributed by atoms with E-state index >= 15 is 0 Å². The highest BCUT2D eigenvalue weighted by molar-refractivity contribution is 5.97. The molecule has 1 aliphatic rings. The van der Waals surface area contributed by atoms with Gasteiger partial charge in [0.15, 0.2) is 5.82 Å². The molecule has 0 spiro atoms. The summed E-state index contributed by atoms with van der Waals surface area (Å²) in [5.41, 5.74) is 3.84. The smallest absolute Gasteiger partial charge is 0.256 e. The summed E-state index contributed by atoms with van der Waals surface area (Å²) < 4.78 is 17.2. The lowest BCUT2D eigenvalue weighted by atomic mass is 10.00. The average molecular weight is 444 g/mol. The van der Waals surface area contributed by atoms with E-state index in [1.807, 2.05) is 29.1 Å². The summed E-state index contributed by atoms with van der Waals surface area (Å²) in [6.45, 7) is 3.51. The molecule has 0 radical (unpaired) electrons. The van der Waals surface area contributed by atoms with E-state index in [-0.39, 0.29) is 11.7 Å². The van der Waals surface area contributed by atoms with Crippen LogP contribution in [-0.4, -0.2) is 44.8 Å². The molecule has 2 aromatic heterocycles. The average Bonchev–Trinajstić information content (AvgIpc) is 3.51. The molecule has 33 heavy (non-hydrogen) atoms. The summed E-state index contributed by atoms with van der Waals surface area (Å²) in [6, 6.07) is 18.5. The minimum Gasteiger partial charge on any atom is -0.352 e. The molecule has 0 unspecified atom stereocenters. The molecule has 4 aromatic rings. The molecule has 0 saturated heterocycles. The van der Waals surface area contributed by atoms with Gasteiger partial charge in [-0.25, -0.2) is 9.07 Å². The summed E-state index contributed by atoms with van der Waals surface area (Å²) >= 11 is 0. The van der Waals surface area contributed by atoms with Crippen LogP contribution in [0.2, 0.25) is 0 Å². The van der Waals surface area contributed by atoms with Crippen LogP contribution in [0.15, 0.2) is 79.3 Å². The fraction of sp³-hybridized carbons (Fsp3) is 0.231. The Morgan fingerprint density at radius 2 is 1.85 bits per heavy atom. The van der Waals surface area contributed by atoms with Crippen molar-refractivity contribution in [3.05, 3.63) is 102 Å². The number of amides is 1. The standard InChI is InChI=1S/C26H26FN5O/c27-22-9-5-10-23(17-22)32-26(31-14-3-4-15-31)24(18-29-32)25(33)28-12-6-13-30-16-11-20-7-1-2-8-21(20)19-30/h1-5,7-10,14-15,17-18H,6,11-13,16,19H2,(H,28,33). The van der Waals surface area contributed by atoms with Gasteiger partial charge in [0.2, 0.25) is 0 Å². The molecule has 1 N–H and O–H groups in total. The lowest BCUT2D eigenvalue weighted by Crippen LogP contribution is -2.33. The van der Waals surface area contributed by atoms with Crippen LogP contribution >= 0.6 is 0 Å². The molecular weight excluding hydrogens is 417 g/mol. The molecule has 1 aliphatic heterocycles. The normalized spacial score (nSPS) is 13.6. The van der Waals surface area contributed by atoms with Crippen LogP contribution in [0.3, 0.4) is 0 Å². The van der Waals surface area contributed by atoms with Gasteiger partial charge in [-0.05, 0) is 54.3 Å². The van der Waals surface area contributed by atoms with Crippen LogP contribution in [0.5, 0.6) is 0 Å². The van der Waals surface area contributed by atoms with Gasteiger partial charge in [-0.15, -0.1) is 0 Å². The Kier molecular flexibility index (Phi) is 6.04. The molecule has 0 saturated carbocycles. The predicted octanol–water partition coefficient (Wildman–Crippen LogP) is 3.98. The van der Waals surface area contributed by atoms with Gasteiger partial charge in [-0.3, -0.25) is 9.69 Å². The zero-order valence-corrected chi connectivity index (χ0v) is 18.3. The van der Waals surface area contributed by atoms with Crippen LogP contribution in [-0.2, 0) is 13.0 Å². The first-order valence-corrected chi connectivity index (χ1v) is 11.2. The van der Waals surface area contributed by atoms with Gasteiger partial charge in [0.1, 0.15) is 11.4 Å². The van der Waals surface area contributed by atoms with E-state index in [1.54, 1.807) is 16.8 Å². The topological polar surface area (TPSA) is 55.1 Å². The van der Waals surface area contributed by atoms with Crippen molar-refractivity contribution in [2.45, 2.75) is 19.4 Å². The zero-order chi connectivity index (χ0) is 22.6. The highest BCUT2D eigenvalue weighted by Gasteiger charge is 2.20. The van der Waals surface area contributed by atoms with Gasteiger partial charge >= 0.3 is 0 Å². The summed E-state index contributed by atoms with van der Waals surface area (Å²) in [7, 11) is 0. The van der Waals surface area contributed by atoms with Crippen LogP contribution in [0, 0.1) is 5.82 Å². The lowest BCUT2D eigenvalue weighted by Gasteiger charge is -2.28. The number of halogens is 1. The first-order chi connectivity index (χ1) is 16.2. The summed E-state index contributed by atoms with van der Waals surface area (Å²) in [4.78, 5) is 15.5. The largest absolute Gasteiger partial charge is 0.352 e. The van der Waals surface area contributed by atoms with E-state index in [9.17, 15) is 9.18 Å². The molecule has 7 heteroatoms. The van der Waals surface area contributed by atoms with E-state index in [1.165, 1.54) is 29.5 Å². The van der Waals surface area contributed by atoms with E-state index in [2.05, 4.69) is 39.6 Å². The van der Waals surface area contributed by atoms with Crippen LogP contribution < -0.4 is 5.32 Å². The van der Waals surface area contributed by atoms with Crippen molar-refractivity contribution in [3.8, 4) is 11.5 Å². The molecule has 1 amide bonds. The molecular formula is C26H26FN5O. The highest BCUT2D eigenvalue weighted by Crippen LogP contribution is 2.21. The van der Waals surface area contributed by atoms with Crippen molar-refractivity contribution >= 4 is 5.91 Å². The second kappa shape index (κ2) is 9.42. The Balaban J connectivity index is 1.25. The number of nitrogens with zero attached hydrogens (tertiary/aromatic N) is 4. The van der Waals surface area contributed by atoms with Crippen molar-refractivity contribution in [1.29, 1.82) is 0 Å². The van der Waals surface area contributed by atoms with Crippen molar-refractivity contribution in [1.82, 2.24) is 24.6 Å². The molecule has 0 atom stereocenters. The maximum Gasteiger partial charge on any atom is 0.256 e. The fourth-order valence-electron chi connectivity index (χ4n) is 4.37. The third-order valence-corrected chi connectivity index (χ3v) is 6.04. The van der Waals surface area contributed by atoms with Gasteiger partial charge in [0, 0.05) is 38.6 Å².